The zero-order chi connectivity index (χ0) is 106. The number of carbonyl (C=O) groups excluding carboxylic acids is 12. The van der Waals surface area contributed by atoms with Gasteiger partial charge in [-0.05, 0) is 200 Å². The lowest BCUT2D eigenvalue weighted by molar-refractivity contribution is -0.156. The highest BCUT2D eigenvalue weighted by atomic mass is 35.5. The molecular formula is C122H118Cl2N10O15. The maximum atomic E-state index is 13.9. The van der Waals surface area contributed by atoms with E-state index in [9.17, 15) is 57.5 Å². The Balaban J connectivity index is 0.000000150. The molecule has 14 aromatic rings. The molecule has 13 aromatic carbocycles. The highest BCUT2D eigenvalue weighted by Gasteiger charge is 2.40. The maximum Gasteiger partial charge on any atom is 0.325 e. The number of rotatable bonds is 33. The zero-order valence-corrected chi connectivity index (χ0v) is 87.2. The third-order valence-electron chi connectivity index (χ3n) is 27.6. The Bertz CT molecular complexity index is 7610. The number of anilines is 12. The number of unbranched alkanes of at least 4 members (excludes halogenated alkanes) is 2. The van der Waals surface area contributed by atoms with Crippen molar-refractivity contribution in [3.63, 3.8) is 0 Å². The third kappa shape index (κ3) is 23.7. The van der Waals surface area contributed by atoms with Gasteiger partial charge in [-0.1, -0.05) is 236 Å². The number of amides is 1. The van der Waals surface area contributed by atoms with Crippen molar-refractivity contribution in [1.29, 1.82) is 0 Å². The molecule has 1 atom stereocenters. The molecule has 0 spiro atoms. The monoisotopic (exact) mass is 2030 g/mol. The van der Waals surface area contributed by atoms with Gasteiger partial charge in [0, 0.05) is 120 Å². The summed E-state index contributed by atoms with van der Waals surface area (Å²) in [4.78, 5) is 167. The number of esters is 3. The summed E-state index contributed by atoms with van der Waals surface area (Å²) < 4.78 is 16.3. The molecule has 4 aliphatic rings. The molecule has 0 bridgehead atoms. The fourth-order valence-corrected chi connectivity index (χ4v) is 17.7. The molecule has 0 fully saturated rings. The highest BCUT2D eigenvalue weighted by molar-refractivity contribution is 6.38. The number of ketones is 8. The Kier molecular flexibility index (Phi) is 33.4. The van der Waals surface area contributed by atoms with E-state index in [2.05, 4.69) is 59.4 Å². The van der Waals surface area contributed by atoms with Gasteiger partial charge in [-0.2, -0.15) is 0 Å². The number of carbonyl (C=O) groups is 12. The average Bonchev–Trinajstić information content (AvgIpc) is 0.721. The minimum absolute atomic E-state index is 0.0802. The minimum atomic E-state index is -0.550. The molecule has 0 radical (unpaired) electrons. The molecule has 0 saturated heterocycles. The number of halogens is 2. The van der Waals surface area contributed by atoms with Gasteiger partial charge in [-0.3, -0.25) is 57.5 Å². The van der Waals surface area contributed by atoms with E-state index < -0.39 is 22.7 Å². The Morgan fingerprint density at radius 3 is 1.19 bits per heavy atom. The molecule has 149 heavy (non-hydrogen) atoms. The topological polar surface area (TPSA) is 355 Å². The lowest BCUT2D eigenvalue weighted by Gasteiger charge is -2.24. The Morgan fingerprint density at radius 1 is 0.389 bits per heavy atom. The second-order valence-electron chi connectivity index (χ2n) is 39.0. The molecular weight excluding hydrogens is 1920 g/mol. The van der Waals surface area contributed by atoms with Gasteiger partial charge in [0.1, 0.15) is 31.9 Å². The number of hydrogen-bond acceptors (Lipinski definition) is 24. The van der Waals surface area contributed by atoms with Crippen LogP contribution < -0.4 is 42.5 Å². The van der Waals surface area contributed by atoms with E-state index in [4.69, 9.17) is 37.4 Å². The van der Waals surface area contributed by atoms with Gasteiger partial charge >= 0.3 is 17.9 Å². The number of hydrogen-bond donors (Lipinski definition) is 8. The van der Waals surface area contributed by atoms with Gasteiger partial charge in [0.05, 0.1) is 106 Å². The Labute approximate surface area is 876 Å². The zero-order valence-electron chi connectivity index (χ0n) is 85.7. The average molecular weight is 2040 g/mol. The molecule has 8 N–H and O–H groups in total. The summed E-state index contributed by atoms with van der Waals surface area (Å²) >= 11 is 12.5. The van der Waals surface area contributed by atoms with Gasteiger partial charge in [-0.25, -0.2) is 9.97 Å². The number of aromatic nitrogens is 2. The van der Waals surface area contributed by atoms with Crippen LogP contribution in [0.25, 0.3) is 22.2 Å². The van der Waals surface area contributed by atoms with E-state index in [1.165, 1.54) is 12.4 Å². The number of benzene rings is 13. The molecule has 27 heteroatoms. The van der Waals surface area contributed by atoms with Crippen molar-refractivity contribution in [2.75, 3.05) is 62.7 Å². The summed E-state index contributed by atoms with van der Waals surface area (Å²) in [6.45, 7) is 26.2. The summed E-state index contributed by atoms with van der Waals surface area (Å²) in [5.41, 5.74) is 16.8. The van der Waals surface area contributed by atoms with Crippen LogP contribution in [-0.2, 0) is 53.0 Å². The smallest absolute Gasteiger partial charge is 0.325 e. The molecule has 1 amide bonds. The fraction of sp³-hybridized carbons (Fsp3) is 0.246. The van der Waals surface area contributed by atoms with Crippen LogP contribution in [0.4, 0.5) is 68.2 Å². The van der Waals surface area contributed by atoms with Crippen molar-refractivity contribution in [3.8, 4) is 11.3 Å². The van der Waals surface area contributed by atoms with Crippen LogP contribution in [0, 0.1) is 23.2 Å². The van der Waals surface area contributed by atoms with Gasteiger partial charge in [0.25, 0.3) is 5.91 Å². The third-order valence-corrected chi connectivity index (χ3v) is 28.1. The van der Waals surface area contributed by atoms with Crippen LogP contribution in [0.2, 0.25) is 10.0 Å². The van der Waals surface area contributed by atoms with E-state index >= 15 is 0 Å². The van der Waals surface area contributed by atoms with Crippen molar-refractivity contribution in [3.05, 3.63) is 377 Å². The van der Waals surface area contributed by atoms with Crippen LogP contribution >= 0.6 is 23.2 Å². The summed E-state index contributed by atoms with van der Waals surface area (Å²) in [5.74, 6) is -2.62. The molecule has 760 valence electrons. The van der Waals surface area contributed by atoms with Gasteiger partial charge in [0.2, 0.25) is 0 Å². The predicted octanol–water partition coefficient (Wildman–Crippen LogP) is 27.0. The second-order valence-corrected chi connectivity index (χ2v) is 39.8. The number of nitrogens with one attached hydrogen (secondary N) is 8. The van der Waals surface area contributed by atoms with Crippen molar-refractivity contribution >= 4 is 172 Å². The molecule has 25 nitrogen and oxygen atoms in total. The molecule has 0 aliphatic heterocycles. The van der Waals surface area contributed by atoms with Crippen LogP contribution in [0.3, 0.4) is 0 Å². The Hall–Kier alpha value is -16.4. The van der Waals surface area contributed by atoms with Crippen molar-refractivity contribution in [2.45, 2.75) is 161 Å². The second kappa shape index (κ2) is 46.6. The van der Waals surface area contributed by atoms with Crippen molar-refractivity contribution < 1.29 is 71.7 Å². The number of nitrogens with zero attached hydrogens (tertiary/aromatic N) is 2. The van der Waals surface area contributed by atoms with Crippen molar-refractivity contribution in [1.82, 2.24) is 9.97 Å². The van der Waals surface area contributed by atoms with Gasteiger partial charge < -0.3 is 56.7 Å². The van der Waals surface area contributed by atoms with Crippen LogP contribution in [0.15, 0.2) is 261 Å². The number of aryl methyl sites for hydroxylation is 1. The fourth-order valence-electron chi connectivity index (χ4n) is 17.3. The molecule has 1 heterocycles. The van der Waals surface area contributed by atoms with Crippen molar-refractivity contribution in [2.24, 2.45) is 16.2 Å². The van der Waals surface area contributed by atoms with E-state index in [1.807, 2.05) is 210 Å². The first-order chi connectivity index (χ1) is 71.5. The molecule has 4 aliphatic carbocycles. The number of fused-ring (bicyclic) bond motifs is 8. The number of Topliss-reactive ketones (excluding diaryl/α,β-unsaturated/α-hetero) is 1. The molecule has 18 rings (SSSR count). The highest BCUT2D eigenvalue weighted by Crippen LogP contribution is 2.47. The SMILES string of the molecule is CCC(C)(C)C(=O)Cc1ccc(Nc2ccc(NC)c3c2C(=O)c2ccccc2C3=O)cc1.CCC(C)(C)C(=O)OCc1ccc(Nc2cc(NC(=O)c3cc(Cl)ccc3Cl)c3c4c(ncnc24)-c2ccccc2C3=O)cc1.CCC(C)(C)C(=O)OCc1ccc(Nc2ccc(Nc3ccc(C)cc3)c3c2C(=O)c2ccccc2C3=O)cc1.CCCCCNc1ccc(NCC(=O)OC(C)CC)c2c1C(=O)c1ccccc1C2=O. The first-order valence-electron chi connectivity index (χ1n) is 49.9. The summed E-state index contributed by atoms with van der Waals surface area (Å²) in [6, 6.07) is 75.4. The predicted molar refractivity (Wildman–Crippen MR) is 588 cm³/mol. The standard InChI is InChI=1S/C35H28Cl2N4O4.C34H32N2O4.C28H28N2O3.C25H30N2O4/c1-4-35(2,3)34(44)45-17-19-9-12-21(13-10-19)40-27-16-26(41-33(43)24-15-20(36)11-14-25(24)37)28-29-30(38-18-39-31(27)29)22-7-5-6-8-23(22)32(28)42;1-5-34(3,4)33(39)40-20-22-12-16-24(17-13-22)36-28-19-18-27(35-23-14-10-21(2)11-15-23)29-30(28)32(38)26-9-7-6-8-25(26)31(29)37;1-5-28(2,3)23(31)16-17-10-12-18(13-11-17)30-22-15-14-21(29-4)24-25(22)27(33)20-9-7-6-8-19(20)26(24)32;1-4-6-9-14-26-19-12-13-20(27-15-21(28)31-16(3)5-2)23-22(19)24(29)17-10-7-8-11-18(17)25(23)30/h5-16,18,40H,4,17H2,1-3H3,(H,41,43);6-19,35-36H,5,20H2,1-4H3;6-15,29-30H,5,16H2,1-4H3;7-8,10-13,16,26-27H,4-6,9,14-15H2,1-3H3. The molecule has 0 saturated carbocycles. The van der Waals surface area contributed by atoms with Crippen LogP contribution in [-0.4, -0.2) is 106 Å². The van der Waals surface area contributed by atoms with E-state index in [-0.39, 0.29) is 111 Å². The van der Waals surface area contributed by atoms with E-state index in [0.29, 0.717) is 164 Å². The van der Waals surface area contributed by atoms with Gasteiger partial charge in [0.15, 0.2) is 40.5 Å². The van der Waals surface area contributed by atoms with E-state index in [0.717, 1.165) is 78.0 Å². The quantitative estimate of drug-likeness (QED) is 0.0108. The lowest BCUT2D eigenvalue weighted by Crippen LogP contribution is -2.26. The summed E-state index contributed by atoms with van der Waals surface area (Å²) in [5, 5.41) is 26.7. The summed E-state index contributed by atoms with van der Waals surface area (Å²) in [7, 11) is 1.74. The maximum absolute atomic E-state index is 13.9. The van der Waals surface area contributed by atoms with Crippen LogP contribution in [0.1, 0.15) is 272 Å². The van der Waals surface area contributed by atoms with E-state index in [1.54, 1.807) is 128 Å². The normalized spacial score (nSPS) is 12.6. The van der Waals surface area contributed by atoms with Crippen LogP contribution in [0.5, 0.6) is 0 Å². The molecule has 1 aromatic heterocycles. The summed E-state index contributed by atoms with van der Waals surface area (Å²) in [6.07, 6.45) is 7.73. The van der Waals surface area contributed by atoms with Gasteiger partial charge in [-0.15, -0.1) is 0 Å². The largest absolute Gasteiger partial charge is 0.461 e. The lowest BCUT2D eigenvalue weighted by atomic mass is 9.82. The minimum Gasteiger partial charge on any atom is -0.461 e. The number of ether oxygens (including phenoxy) is 3. The first kappa shape index (κ1) is 107. The Morgan fingerprint density at radius 2 is 0.765 bits per heavy atom. The first-order valence-corrected chi connectivity index (χ1v) is 50.7. The molecule has 1 unspecified atom stereocenters.